The molecule has 1 N–H and O–H groups in total. The molecule has 0 radical (unpaired) electrons. The number of aryl methyl sites for hydroxylation is 1. The summed E-state index contributed by atoms with van der Waals surface area (Å²) in [5.41, 5.74) is 4.84. The summed E-state index contributed by atoms with van der Waals surface area (Å²) in [4.78, 5) is 12.3. The van der Waals surface area contributed by atoms with Gasteiger partial charge in [-0.15, -0.1) is 0 Å². The normalized spacial score (nSPS) is 15.5. The van der Waals surface area contributed by atoms with E-state index < -0.39 is 0 Å². The van der Waals surface area contributed by atoms with Crippen LogP contribution in [0.1, 0.15) is 60.9 Å². The van der Waals surface area contributed by atoms with Crippen LogP contribution in [0.3, 0.4) is 0 Å². The number of amides is 1. The van der Waals surface area contributed by atoms with Gasteiger partial charge in [0.25, 0.3) is 0 Å². The molecule has 1 amide bonds. The first-order valence-electron chi connectivity index (χ1n) is 8.51. The molecule has 23 heavy (non-hydrogen) atoms. The van der Waals surface area contributed by atoms with Crippen LogP contribution in [0.25, 0.3) is 0 Å². The molecule has 1 atom stereocenters. The molecule has 0 aliphatic heterocycles. The second-order valence-electron chi connectivity index (χ2n) is 6.95. The molecule has 1 fully saturated rings. The van der Waals surface area contributed by atoms with Crippen LogP contribution in [0.5, 0.6) is 0 Å². The number of rotatable bonds is 5. The van der Waals surface area contributed by atoms with Crippen LogP contribution in [-0.2, 0) is 4.79 Å². The van der Waals surface area contributed by atoms with Crippen LogP contribution in [0.2, 0.25) is 0 Å². The molecule has 2 nitrogen and oxygen atoms in total. The zero-order valence-electron chi connectivity index (χ0n) is 14.2. The molecule has 1 aliphatic rings. The van der Waals surface area contributed by atoms with E-state index >= 15 is 0 Å². The Morgan fingerprint density at radius 2 is 1.65 bits per heavy atom. The van der Waals surface area contributed by atoms with Crippen molar-refractivity contribution in [1.29, 1.82) is 0 Å². The summed E-state index contributed by atoms with van der Waals surface area (Å²) in [5, 5.41) is 3.25. The monoisotopic (exact) mass is 307 g/mol. The third-order valence-corrected chi connectivity index (χ3v) is 4.55. The van der Waals surface area contributed by atoms with Crippen molar-refractivity contribution in [2.75, 3.05) is 0 Å². The van der Waals surface area contributed by atoms with Crippen molar-refractivity contribution in [3.63, 3.8) is 0 Å². The lowest BCUT2D eigenvalue weighted by Crippen LogP contribution is -2.30. The Morgan fingerprint density at radius 1 is 1.00 bits per heavy atom. The predicted molar refractivity (Wildman–Crippen MR) is 94.4 cm³/mol. The summed E-state index contributed by atoms with van der Waals surface area (Å²) in [6.45, 7) is 6.48. The summed E-state index contributed by atoms with van der Waals surface area (Å²) >= 11 is 0. The highest BCUT2D eigenvalue weighted by molar-refractivity contribution is 5.81. The third kappa shape index (κ3) is 3.82. The van der Waals surface area contributed by atoms with Crippen molar-refractivity contribution in [3.8, 4) is 0 Å². The van der Waals surface area contributed by atoms with E-state index in [1.165, 1.54) is 11.1 Å². The fourth-order valence-corrected chi connectivity index (χ4v) is 2.89. The van der Waals surface area contributed by atoms with Crippen LogP contribution in [0, 0.1) is 12.8 Å². The fourth-order valence-electron chi connectivity index (χ4n) is 2.89. The molecule has 120 valence electrons. The quantitative estimate of drug-likeness (QED) is 0.849. The van der Waals surface area contributed by atoms with Crippen molar-refractivity contribution in [3.05, 3.63) is 70.8 Å². The lowest BCUT2D eigenvalue weighted by molar-refractivity contribution is -0.122. The van der Waals surface area contributed by atoms with Gasteiger partial charge in [0.15, 0.2) is 0 Å². The van der Waals surface area contributed by atoms with Crippen molar-refractivity contribution in [1.82, 2.24) is 5.32 Å². The fraction of sp³-hybridized carbons (Fsp3) is 0.381. The number of benzene rings is 2. The highest BCUT2D eigenvalue weighted by Gasteiger charge is 2.31. The number of carbonyl (C=O) groups excluding carboxylic acids is 1. The maximum Gasteiger partial charge on any atom is 0.223 e. The van der Waals surface area contributed by atoms with E-state index in [0.29, 0.717) is 5.92 Å². The molecule has 2 aromatic carbocycles. The van der Waals surface area contributed by atoms with Gasteiger partial charge in [0.1, 0.15) is 0 Å². The lowest BCUT2D eigenvalue weighted by Gasteiger charge is -2.21. The van der Waals surface area contributed by atoms with E-state index in [4.69, 9.17) is 0 Å². The molecule has 0 heterocycles. The summed E-state index contributed by atoms with van der Waals surface area (Å²) in [5.74, 6) is 0.921. The molecule has 0 aromatic heterocycles. The minimum atomic E-state index is -0.0655. The predicted octanol–water partition coefficient (Wildman–Crippen LogP) is 4.73. The Morgan fingerprint density at radius 3 is 2.22 bits per heavy atom. The zero-order valence-corrected chi connectivity index (χ0v) is 14.2. The van der Waals surface area contributed by atoms with E-state index in [0.717, 1.165) is 24.0 Å². The Balaban J connectivity index is 1.91. The number of hydrogen-bond donors (Lipinski definition) is 1. The lowest BCUT2D eigenvalue weighted by atomic mass is 9.94. The van der Waals surface area contributed by atoms with E-state index in [9.17, 15) is 4.79 Å². The van der Waals surface area contributed by atoms with Gasteiger partial charge in [-0.1, -0.05) is 67.9 Å². The standard InChI is InChI=1S/C21H25NO/c1-14(2)16-7-9-17(10-8-16)20(22-21(23)18-11-12-18)19-6-4-5-15(3)13-19/h4-10,13-14,18,20H,11-12H2,1-3H3,(H,22,23). The molecule has 2 heteroatoms. The van der Waals surface area contributed by atoms with Crippen LogP contribution in [0.15, 0.2) is 48.5 Å². The second-order valence-corrected chi connectivity index (χ2v) is 6.95. The maximum atomic E-state index is 12.3. The van der Waals surface area contributed by atoms with Gasteiger partial charge in [0.2, 0.25) is 5.91 Å². The first-order chi connectivity index (χ1) is 11.0. The number of hydrogen-bond acceptors (Lipinski definition) is 1. The van der Waals surface area contributed by atoms with Crippen molar-refractivity contribution in [2.45, 2.75) is 45.6 Å². The summed E-state index contributed by atoms with van der Waals surface area (Å²) in [6.07, 6.45) is 2.05. The van der Waals surface area contributed by atoms with E-state index in [-0.39, 0.29) is 17.9 Å². The highest BCUT2D eigenvalue weighted by atomic mass is 16.2. The molecule has 1 aliphatic carbocycles. The number of carbonyl (C=O) groups is 1. The Bertz CT molecular complexity index is 683. The van der Waals surface area contributed by atoms with Gasteiger partial charge in [0, 0.05) is 5.92 Å². The van der Waals surface area contributed by atoms with E-state index in [1.807, 2.05) is 0 Å². The van der Waals surface area contributed by atoms with E-state index in [1.54, 1.807) is 0 Å². The molecule has 1 saturated carbocycles. The highest BCUT2D eigenvalue weighted by Crippen LogP contribution is 2.31. The van der Waals surface area contributed by atoms with Crippen molar-refractivity contribution in [2.24, 2.45) is 5.92 Å². The SMILES string of the molecule is Cc1cccc(C(NC(=O)C2CC2)c2ccc(C(C)C)cc2)c1. The minimum absolute atomic E-state index is 0.0655. The Labute approximate surface area is 138 Å². The molecule has 0 saturated heterocycles. The molecular formula is C21H25NO. The molecular weight excluding hydrogens is 282 g/mol. The molecule has 2 aromatic rings. The minimum Gasteiger partial charge on any atom is -0.345 e. The van der Waals surface area contributed by atoms with Gasteiger partial charge in [-0.25, -0.2) is 0 Å². The Hall–Kier alpha value is -2.09. The van der Waals surface area contributed by atoms with Crippen LogP contribution in [-0.4, -0.2) is 5.91 Å². The van der Waals surface area contributed by atoms with Crippen molar-refractivity contribution >= 4 is 5.91 Å². The molecule has 1 unspecified atom stereocenters. The third-order valence-electron chi connectivity index (χ3n) is 4.55. The summed E-state index contributed by atoms with van der Waals surface area (Å²) in [7, 11) is 0. The van der Waals surface area contributed by atoms with Gasteiger partial charge in [0.05, 0.1) is 6.04 Å². The van der Waals surface area contributed by atoms with Gasteiger partial charge < -0.3 is 5.32 Å². The molecule has 0 bridgehead atoms. The van der Waals surface area contributed by atoms with Crippen LogP contribution < -0.4 is 5.32 Å². The summed E-state index contributed by atoms with van der Waals surface area (Å²) < 4.78 is 0. The maximum absolute atomic E-state index is 12.3. The first kappa shape index (κ1) is 15.8. The largest absolute Gasteiger partial charge is 0.345 e. The topological polar surface area (TPSA) is 29.1 Å². The summed E-state index contributed by atoms with van der Waals surface area (Å²) in [6, 6.07) is 17.0. The van der Waals surface area contributed by atoms with Crippen LogP contribution >= 0.6 is 0 Å². The first-order valence-corrected chi connectivity index (χ1v) is 8.51. The smallest absolute Gasteiger partial charge is 0.223 e. The molecule has 3 rings (SSSR count). The zero-order chi connectivity index (χ0) is 16.4. The van der Waals surface area contributed by atoms with E-state index in [2.05, 4.69) is 74.6 Å². The molecule has 0 spiro atoms. The van der Waals surface area contributed by atoms with Gasteiger partial charge in [-0.05, 0) is 42.4 Å². The number of nitrogens with one attached hydrogen (secondary N) is 1. The Kier molecular flexibility index (Phi) is 4.51. The van der Waals surface area contributed by atoms with Crippen LogP contribution in [0.4, 0.5) is 0 Å². The van der Waals surface area contributed by atoms with Gasteiger partial charge in [-0.2, -0.15) is 0 Å². The van der Waals surface area contributed by atoms with Gasteiger partial charge in [-0.3, -0.25) is 4.79 Å². The van der Waals surface area contributed by atoms with Gasteiger partial charge >= 0.3 is 0 Å². The average Bonchev–Trinajstić information content (AvgIpc) is 3.37. The average molecular weight is 307 g/mol. The second kappa shape index (κ2) is 6.57. The van der Waals surface area contributed by atoms with Crippen molar-refractivity contribution < 1.29 is 4.79 Å².